The second-order valence-corrected chi connectivity index (χ2v) is 4.21. The third-order valence-corrected chi connectivity index (χ3v) is 2.74. The predicted molar refractivity (Wildman–Crippen MR) is 67.7 cm³/mol. The second-order valence-electron chi connectivity index (χ2n) is 4.21. The summed E-state index contributed by atoms with van der Waals surface area (Å²) >= 11 is 0. The molecule has 2 aromatic rings. The van der Waals surface area contributed by atoms with E-state index in [0.29, 0.717) is 12.2 Å². The molecule has 0 amide bonds. The van der Waals surface area contributed by atoms with Crippen molar-refractivity contribution in [3.63, 3.8) is 0 Å². The van der Waals surface area contributed by atoms with Crippen LogP contribution in [-0.2, 0) is 6.54 Å². The number of pyridine rings is 1. The van der Waals surface area contributed by atoms with Gasteiger partial charge in [0, 0.05) is 12.7 Å². The predicted octanol–water partition coefficient (Wildman–Crippen LogP) is 2.71. The van der Waals surface area contributed by atoms with Gasteiger partial charge in [-0.3, -0.25) is 0 Å². The maximum atomic E-state index is 8.77. The molecule has 0 radical (unpaired) electrons. The van der Waals surface area contributed by atoms with Gasteiger partial charge < -0.3 is 9.73 Å². The Kier molecular flexibility index (Phi) is 3.75. The zero-order valence-electron chi connectivity index (χ0n) is 10.5. The maximum Gasteiger partial charge on any atom is 0.140 e. The standard InChI is InChI=1S/C14H15N3O/c1-10-3-4-14(18-10)11(2)17-9-12-5-6-16-13(7-12)8-15/h3-7,11,17H,9H2,1-2H3. The maximum absolute atomic E-state index is 8.77. The van der Waals surface area contributed by atoms with Crippen molar-refractivity contribution in [2.75, 3.05) is 0 Å². The number of nitriles is 1. The molecule has 0 aliphatic carbocycles. The topological polar surface area (TPSA) is 61.9 Å². The second kappa shape index (κ2) is 5.48. The fraction of sp³-hybridized carbons (Fsp3) is 0.286. The Morgan fingerprint density at radius 3 is 2.94 bits per heavy atom. The molecular weight excluding hydrogens is 226 g/mol. The summed E-state index contributed by atoms with van der Waals surface area (Å²) in [4.78, 5) is 3.94. The molecule has 0 bridgehead atoms. The normalized spacial score (nSPS) is 12.1. The Bertz CT molecular complexity index is 568. The third kappa shape index (κ3) is 2.96. The Hall–Kier alpha value is -2.12. The van der Waals surface area contributed by atoms with Gasteiger partial charge in [-0.2, -0.15) is 5.26 Å². The summed E-state index contributed by atoms with van der Waals surface area (Å²) < 4.78 is 5.55. The molecule has 2 aromatic heterocycles. The van der Waals surface area contributed by atoms with Crippen LogP contribution in [-0.4, -0.2) is 4.98 Å². The highest BCUT2D eigenvalue weighted by Crippen LogP contribution is 2.16. The lowest BCUT2D eigenvalue weighted by Gasteiger charge is -2.11. The molecule has 2 heterocycles. The van der Waals surface area contributed by atoms with Crippen LogP contribution in [0.5, 0.6) is 0 Å². The first kappa shape index (κ1) is 12.3. The van der Waals surface area contributed by atoms with E-state index in [1.54, 1.807) is 12.3 Å². The number of nitrogens with one attached hydrogen (secondary N) is 1. The van der Waals surface area contributed by atoms with Crippen molar-refractivity contribution in [2.45, 2.75) is 26.4 Å². The molecule has 0 aliphatic heterocycles. The van der Waals surface area contributed by atoms with Crippen LogP contribution in [0.15, 0.2) is 34.9 Å². The van der Waals surface area contributed by atoms with Crippen LogP contribution in [0.25, 0.3) is 0 Å². The highest BCUT2D eigenvalue weighted by Gasteiger charge is 2.08. The van der Waals surface area contributed by atoms with Crippen LogP contribution in [0.4, 0.5) is 0 Å². The average molecular weight is 241 g/mol. The molecule has 1 atom stereocenters. The van der Waals surface area contributed by atoms with Crippen molar-refractivity contribution in [3.8, 4) is 6.07 Å². The number of nitrogens with zero attached hydrogens (tertiary/aromatic N) is 2. The van der Waals surface area contributed by atoms with Gasteiger partial charge in [-0.1, -0.05) is 0 Å². The van der Waals surface area contributed by atoms with Gasteiger partial charge in [0.15, 0.2) is 0 Å². The van der Waals surface area contributed by atoms with Crippen molar-refractivity contribution in [1.29, 1.82) is 5.26 Å². The lowest BCUT2D eigenvalue weighted by Crippen LogP contribution is -2.17. The van der Waals surface area contributed by atoms with E-state index < -0.39 is 0 Å². The van der Waals surface area contributed by atoms with Gasteiger partial charge in [0.2, 0.25) is 0 Å². The van der Waals surface area contributed by atoms with Crippen molar-refractivity contribution >= 4 is 0 Å². The van der Waals surface area contributed by atoms with E-state index in [1.165, 1.54) is 0 Å². The van der Waals surface area contributed by atoms with Crippen molar-refractivity contribution in [2.24, 2.45) is 0 Å². The molecule has 0 saturated heterocycles. The number of hydrogen-bond acceptors (Lipinski definition) is 4. The number of furan rings is 1. The van der Waals surface area contributed by atoms with Gasteiger partial charge in [0.05, 0.1) is 6.04 Å². The highest BCUT2D eigenvalue weighted by atomic mass is 16.3. The molecule has 18 heavy (non-hydrogen) atoms. The van der Waals surface area contributed by atoms with Gasteiger partial charge in [-0.05, 0) is 43.7 Å². The number of aryl methyl sites for hydroxylation is 1. The van der Waals surface area contributed by atoms with E-state index in [2.05, 4.69) is 10.3 Å². The minimum atomic E-state index is 0.136. The van der Waals surface area contributed by atoms with E-state index >= 15 is 0 Å². The van der Waals surface area contributed by atoms with E-state index in [1.807, 2.05) is 38.1 Å². The molecule has 4 nitrogen and oxygen atoms in total. The molecule has 0 aromatic carbocycles. The van der Waals surface area contributed by atoms with E-state index in [-0.39, 0.29) is 6.04 Å². The molecule has 4 heteroatoms. The summed E-state index contributed by atoms with van der Waals surface area (Å²) in [5.74, 6) is 1.83. The fourth-order valence-corrected chi connectivity index (χ4v) is 1.70. The summed E-state index contributed by atoms with van der Waals surface area (Å²) in [6.07, 6.45) is 1.65. The summed E-state index contributed by atoms with van der Waals surface area (Å²) in [5.41, 5.74) is 1.48. The minimum absolute atomic E-state index is 0.136. The number of rotatable bonds is 4. The van der Waals surface area contributed by atoms with Crippen LogP contribution in [0.1, 0.15) is 35.7 Å². The molecule has 92 valence electrons. The molecule has 0 aliphatic rings. The number of hydrogen-bond donors (Lipinski definition) is 1. The molecule has 1 unspecified atom stereocenters. The summed E-state index contributed by atoms with van der Waals surface area (Å²) in [6.45, 7) is 4.65. The van der Waals surface area contributed by atoms with Crippen LogP contribution >= 0.6 is 0 Å². The van der Waals surface area contributed by atoms with Gasteiger partial charge in [-0.25, -0.2) is 4.98 Å². The molecular formula is C14H15N3O. The van der Waals surface area contributed by atoms with Crippen molar-refractivity contribution < 1.29 is 4.42 Å². The minimum Gasteiger partial charge on any atom is -0.465 e. The summed E-state index contributed by atoms with van der Waals surface area (Å²) in [7, 11) is 0. The van der Waals surface area contributed by atoms with Gasteiger partial charge in [0.1, 0.15) is 23.3 Å². The van der Waals surface area contributed by atoms with E-state index in [4.69, 9.17) is 9.68 Å². The van der Waals surface area contributed by atoms with E-state index in [9.17, 15) is 0 Å². The molecule has 0 saturated carbocycles. The monoisotopic (exact) mass is 241 g/mol. The first-order chi connectivity index (χ1) is 8.69. The SMILES string of the molecule is Cc1ccc(C(C)NCc2ccnc(C#N)c2)o1. The Morgan fingerprint density at radius 1 is 1.44 bits per heavy atom. The average Bonchev–Trinajstić information content (AvgIpc) is 2.83. The Morgan fingerprint density at radius 2 is 2.28 bits per heavy atom. The summed E-state index contributed by atoms with van der Waals surface area (Å²) in [6, 6.07) is 9.78. The largest absolute Gasteiger partial charge is 0.465 e. The van der Waals surface area contributed by atoms with E-state index in [0.717, 1.165) is 17.1 Å². The molecule has 0 fully saturated rings. The zero-order chi connectivity index (χ0) is 13.0. The first-order valence-electron chi connectivity index (χ1n) is 5.84. The van der Waals surface area contributed by atoms with Gasteiger partial charge >= 0.3 is 0 Å². The lowest BCUT2D eigenvalue weighted by atomic mass is 10.2. The Labute approximate surface area is 106 Å². The summed E-state index contributed by atoms with van der Waals surface area (Å²) in [5, 5.41) is 12.1. The van der Waals surface area contributed by atoms with Gasteiger partial charge in [0.25, 0.3) is 0 Å². The van der Waals surface area contributed by atoms with Crippen LogP contribution in [0, 0.1) is 18.3 Å². The van der Waals surface area contributed by atoms with Crippen LogP contribution in [0.3, 0.4) is 0 Å². The first-order valence-corrected chi connectivity index (χ1v) is 5.84. The van der Waals surface area contributed by atoms with Crippen molar-refractivity contribution in [3.05, 3.63) is 53.2 Å². The smallest absolute Gasteiger partial charge is 0.140 e. The van der Waals surface area contributed by atoms with Gasteiger partial charge in [-0.15, -0.1) is 0 Å². The fourth-order valence-electron chi connectivity index (χ4n) is 1.70. The lowest BCUT2D eigenvalue weighted by molar-refractivity contribution is 0.416. The molecule has 0 spiro atoms. The quantitative estimate of drug-likeness (QED) is 0.894. The van der Waals surface area contributed by atoms with Crippen molar-refractivity contribution in [1.82, 2.24) is 10.3 Å². The third-order valence-electron chi connectivity index (χ3n) is 2.74. The highest BCUT2D eigenvalue weighted by molar-refractivity contribution is 5.25. The zero-order valence-corrected chi connectivity index (χ0v) is 10.5. The molecule has 1 N–H and O–H groups in total. The Balaban J connectivity index is 1.97. The van der Waals surface area contributed by atoms with Crippen LogP contribution < -0.4 is 5.32 Å². The number of aromatic nitrogens is 1. The van der Waals surface area contributed by atoms with Crippen LogP contribution in [0.2, 0.25) is 0 Å². The molecule has 2 rings (SSSR count).